The van der Waals surface area contributed by atoms with Gasteiger partial charge >= 0.3 is 0 Å². The van der Waals surface area contributed by atoms with Gasteiger partial charge in [-0.15, -0.1) is 0 Å². The van der Waals surface area contributed by atoms with E-state index in [1.165, 1.54) is 38.9 Å². The first-order chi connectivity index (χ1) is 6.67. The van der Waals surface area contributed by atoms with Crippen molar-refractivity contribution in [1.82, 2.24) is 10.2 Å². The molecule has 0 aromatic rings. The first-order valence-electron chi connectivity index (χ1n) is 6.13. The van der Waals surface area contributed by atoms with Crippen molar-refractivity contribution in [2.75, 3.05) is 19.6 Å². The van der Waals surface area contributed by atoms with Crippen LogP contribution in [0.1, 0.15) is 40.0 Å². The average Bonchev–Trinajstić information content (AvgIpc) is 2.95. The monoisotopic (exact) mass is 196 g/mol. The minimum atomic E-state index is 0.661. The second-order valence-electron chi connectivity index (χ2n) is 5.41. The highest BCUT2D eigenvalue weighted by molar-refractivity contribution is 5.00. The van der Waals surface area contributed by atoms with Crippen LogP contribution in [0.25, 0.3) is 0 Å². The molecular weight excluding hydrogens is 172 g/mol. The predicted molar refractivity (Wildman–Crippen MR) is 60.5 cm³/mol. The molecule has 0 aromatic heterocycles. The van der Waals surface area contributed by atoms with Crippen molar-refractivity contribution in [1.29, 1.82) is 0 Å². The lowest BCUT2D eigenvalue weighted by molar-refractivity contribution is 0.137. The summed E-state index contributed by atoms with van der Waals surface area (Å²) in [6.45, 7) is 10.8. The lowest BCUT2D eigenvalue weighted by Crippen LogP contribution is -2.44. The van der Waals surface area contributed by atoms with Crippen molar-refractivity contribution in [3.63, 3.8) is 0 Å². The number of hydrogen-bond acceptors (Lipinski definition) is 2. The molecule has 0 bridgehead atoms. The molecule has 0 amide bonds. The fourth-order valence-corrected chi connectivity index (χ4v) is 2.60. The van der Waals surface area contributed by atoms with Gasteiger partial charge in [-0.1, -0.05) is 6.92 Å². The summed E-state index contributed by atoms with van der Waals surface area (Å²) < 4.78 is 0. The summed E-state index contributed by atoms with van der Waals surface area (Å²) in [4.78, 5) is 2.72. The Morgan fingerprint density at radius 2 is 2.21 bits per heavy atom. The minimum Gasteiger partial charge on any atom is -0.315 e. The highest BCUT2D eigenvalue weighted by atomic mass is 15.2. The second-order valence-corrected chi connectivity index (χ2v) is 5.41. The van der Waals surface area contributed by atoms with Crippen LogP contribution < -0.4 is 5.32 Å². The SMILES string of the molecule is CCC(C)N1CC2(CC2)CNCC1C. The quantitative estimate of drug-likeness (QED) is 0.725. The van der Waals surface area contributed by atoms with E-state index in [2.05, 4.69) is 31.0 Å². The fraction of sp³-hybridized carbons (Fsp3) is 1.00. The van der Waals surface area contributed by atoms with Gasteiger partial charge < -0.3 is 5.32 Å². The van der Waals surface area contributed by atoms with E-state index in [1.807, 2.05) is 0 Å². The van der Waals surface area contributed by atoms with Crippen molar-refractivity contribution >= 4 is 0 Å². The van der Waals surface area contributed by atoms with E-state index in [-0.39, 0.29) is 0 Å². The predicted octanol–water partition coefficient (Wildman–Crippen LogP) is 1.86. The zero-order valence-corrected chi connectivity index (χ0v) is 9.84. The van der Waals surface area contributed by atoms with Crippen molar-refractivity contribution in [2.45, 2.75) is 52.1 Å². The number of nitrogens with zero attached hydrogens (tertiary/aromatic N) is 1. The van der Waals surface area contributed by atoms with Crippen LogP contribution in [0.2, 0.25) is 0 Å². The van der Waals surface area contributed by atoms with E-state index in [0.717, 1.165) is 6.04 Å². The first kappa shape index (κ1) is 10.4. The molecule has 2 unspecified atom stereocenters. The molecule has 82 valence electrons. The Bertz CT molecular complexity index is 198. The summed E-state index contributed by atoms with van der Waals surface area (Å²) in [5, 5.41) is 3.62. The van der Waals surface area contributed by atoms with Gasteiger partial charge in [-0.25, -0.2) is 0 Å². The third kappa shape index (κ3) is 1.96. The first-order valence-corrected chi connectivity index (χ1v) is 6.13. The molecule has 0 radical (unpaired) electrons. The summed E-state index contributed by atoms with van der Waals surface area (Å²) >= 11 is 0. The molecule has 2 atom stereocenters. The van der Waals surface area contributed by atoms with E-state index >= 15 is 0 Å². The molecule has 1 spiro atoms. The molecule has 1 saturated heterocycles. The maximum Gasteiger partial charge on any atom is 0.0195 e. The molecule has 2 aliphatic rings. The van der Waals surface area contributed by atoms with Crippen molar-refractivity contribution in [3.8, 4) is 0 Å². The van der Waals surface area contributed by atoms with E-state index in [0.29, 0.717) is 11.5 Å². The molecule has 1 saturated carbocycles. The van der Waals surface area contributed by atoms with E-state index in [4.69, 9.17) is 0 Å². The van der Waals surface area contributed by atoms with Crippen LogP contribution in [0, 0.1) is 5.41 Å². The number of rotatable bonds is 2. The van der Waals surface area contributed by atoms with Gasteiger partial charge in [0.15, 0.2) is 0 Å². The second kappa shape index (κ2) is 3.82. The summed E-state index contributed by atoms with van der Waals surface area (Å²) in [5.41, 5.74) is 0.661. The molecule has 2 heteroatoms. The summed E-state index contributed by atoms with van der Waals surface area (Å²) in [7, 11) is 0. The van der Waals surface area contributed by atoms with Gasteiger partial charge in [0.2, 0.25) is 0 Å². The Morgan fingerprint density at radius 1 is 1.50 bits per heavy atom. The van der Waals surface area contributed by atoms with Crippen LogP contribution in [0.15, 0.2) is 0 Å². The van der Waals surface area contributed by atoms with Gasteiger partial charge in [0.25, 0.3) is 0 Å². The largest absolute Gasteiger partial charge is 0.315 e. The molecule has 2 fully saturated rings. The number of nitrogens with one attached hydrogen (secondary N) is 1. The van der Waals surface area contributed by atoms with Gasteiger partial charge in [-0.2, -0.15) is 0 Å². The lowest BCUT2D eigenvalue weighted by atomic mass is 10.1. The Morgan fingerprint density at radius 3 is 2.79 bits per heavy atom. The van der Waals surface area contributed by atoms with Crippen molar-refractivity contribution in [3.05, 3.63) is 0 Å². The topological polar surface area (TPSA) is 15.3 Å². The maximum atomic E-state index is 3.62. The molecule has 0 aromatic carbocycles. The Hall–Kier alpha value is -0.0800. The molecule has 14 heavy (non-hydrogen) atoms. The average molecular weight is 196 g/mol. The van der Waals surface area contributed by atoms with Crippen LogP contribution in [-0.2, 0) is 0 Å². The van der Waals surface area contributed by atoms with Crippen molar-refractivity contribution in [2.24, 2.45) is 5.41 Å². The lowest BCUT2D eigenvalue weighted by Gasteiger charge is -2.34. The summed E-state index contributed by atoms with van der Waals surface area (Å²) in [6.07, 6.45) is 4.17. The molecule has 1 aliphatic heterocycles. The molecule has 2 nitrogen and oxygen atoms in total. The highest BCUT2D eigenvalue weighted by Crippen LogP contribution is 2.47. The van der Waals surface area contributed by atoms with Gasteiger partial charge in [0, 0.05) is 31.7 Å². The standard InChI is InChI=1S/C12H24N2/c1-4-10(2)14-9-12(5-6-12)8-13-7-11(14)3/h10-11,13H,4-9H2,1-3H3. The van der Waals surface area contributed by atoms with Crippen LogP contribution in [0.5, 0.6) is 0 Å². The Labute approximate surface area is 88.1 Å². The highest BCUT2D eigenvalue weighted by Gasteiger charge is 2.46. The van der Waals surface area contributed by atoms with Crippen LogP contribution in [0.4, 0.5) is 0 Å². The Kier molecular flexibility index (Phi) is 2.85. The van der Waals surface area contributed by atoms with Gasteiger partial charge in [0.05, 0.1) is 0 Å². The Balaban J connectivity index is 2.03. The van der Waals surface area contributed by atoms with Crippen LogP contribution in [-0.4, -0.2) is 36.6 Å². The zero-order valence-electron chi connectivity index (χ0n) is 9.84. The van der Waals surface area contributed by atoms with Gasteiger partial charge in [-0.05, 0) is 38.5 Å². The zero-order chi connectivity index (χ0) is 10.2. The normalized spacial score (nSPS) is 34.1. The summed E-state index contributed by atoms with van der Waals surface area (Å²) in [6, 6.07) is 1.47. The van der Waals surface area contributed by atoms with E-state index < -0.39 is 0 Å². The minimum absolute atomic E-state index is 0.661. The molecule has 1 heterocycles. The van der Waals surface area contributed by atoms with E-state index in [9.17, 15) is 0 Å². The van der Waals surface area contributed by atoms with E-state index in [1.54, 1.807) is 0 Å². The van der Waals surface area contributed by atoms with Crippen LogP contribution >= 0.6 is 0 Å². The maximum absolute atomic E-state index is 3.62. The van der Waals surface area contributed by atoms with Gasteiger partial charge in [0.1, 0.15) is 0 Å². The fourth-order valence-electron chi connectivity index (χ4n) is 2.60. The third-order valence-corrected chi connectivity index (χ3v) is 4.14. The van der Waals surface area contributed by atoms with Gasteiger partial charge in [-0.3, -0.25) is 4.90 Å². The molecule has 1 aliphatic carbocycles. The molecule has 1 N–H and O–H groups in total. The van der Waals surface area contributed by atoms with Crippen molar-refractivity contribution < 1.29 is 0 Å². The van der Waals surface area contributed by atoms with Crippen LogP contribution in [0.3, 0.4) is 0 Å². The number of hydrogen-bond donors (Lipinski definition) is 1. The molecule has 2 rings (SSSR count). The summed E-state index contributed by atoms with van der Waals surface area (Å²) in [5.74, 6) is 0. The third-order valence-electron chi connectivity index (χ3n) is 4.14. The smallest absolute Gasteiger partial charge is 0.0195 e. The molecular formula is C12H24N2.